The molecule has 2 aliphatic rings. The summed E-state index contributed by atoms with van der Waals surface area (Å²) < 4.78 is 16.5. The third-order valence-electron chi connectivity index (χ3n) is 5.60. The summed E-state index contributed by atoms with van der Waals surface area (Å²) in [6.45, 7) is 4.08. The maximum atomic E-state index is 13.3. The lowest BCUT2D eigenvalue weighted by molar-refractivity contribution is -0.116. The summed E-state index contributed by atoms with van der Waals surface area (Å²) in [5.41, 5.74) is 2.29. The molecular weight excluding hydrogens is 430 g/mol. The Kier molecular flexibility index (Phi) is 6.19. The van der Waals surface area contributed by atoms with E-state index in [1.165, 1.54) is 33.1 Å². The van der Waals surface area contributed by atoms with Crippen LogP contribution in [0.4, 0.5) is 5.82 Å². The normalized spacial score (nSPS) is 17.6. The summed E-state index contributed by atoms with van der Waals surface area (Å²) >= 11 is 1.48. The SMILES string of the molecule is COc1cc([C@@H]2C3=C(CCCC3=O)Nc3nc(SC(C)C)[nH]c(=O)c32)cc(OC)c1OC. The van der Waals surface area contributed by atoms with Gasteiger partial charge in [0.2, 0.25) is 5.75 Å². The molecule has 8 nitrogen and oxygen atoms in total. The van der Waals surface area contributed by atoms with Gasteiger partial charge in [0.1, 0.15) is 5.82 Å². The van der Waals surface area contributed by atoms with Gasteiger partial charge < -0.3 is 24.5 Å². The summed E-state index contributed by atoms with van der Waals surface area (Å²) in [6, 6.07) is 3.59. The van der Waals surface area contributed by atoms with E-state index < -0.39 is 5.92 Å². The Bertz CT molecular complexity index is 1130. The molecule has 0 saturated heterocycles. The van der Waals surface area contributed by atoms with Gasteiger partial charge in [0.05, 0.1) is 26.9 Å². The second-order valence-corrected chi connectivity index (χ2v) is 9.55. The van der Waals surface area contributed by atoms with Crippen molar-refractivity contribution in [1.82, 2.24) is 9.97 Å². The highest BCUT2D eigenvalue weighted by Crippen LogP contribution is 2.47. The Morgan fingerprint density at radius 2 is 1.75 bits per heavy atom. The van der Waals surface area contributed by atoms with Gasteiger partial charge in [-0.3, -0.25) is 9.59 Å². The van der Waals surface area contributed by atoms with Crippen LogP contribution >= 0.6 is 11.8 Å². The summed E-state index contributed by atoms with van der Waals surface area (Å²) in [6.07, 6.45) is 1.94. The highest BCUT2D eigenvalue weighted by Gasteiger charge is 2.38. The number of aromatic nitrogens is 2. The fourth-order valence-electron chi connectivity index (χ4n) is 4.32. The van der Waals surface area contributed by atoms with E-state index in [1.54, 1.807) is 12.1 Å². The van der Waals surface area contributed by atoms with Crippen molar-refractivity contribution in [1.29, 1.82) is 0 Å². The molecule has 4 rings (SSSR count). The van der Waals surface area contributed by atoms with Crippen LogP contribution in [0, 0.1) is 0 Å². The highest BCUT2D eigenvalue weighted by atomic mass is 32.2. The first-order chi connectivity index (χ1) is 15.4. The Morgan fingerprint density at radius 3 is 2.34 bits per heavy atom. The summed E-state index contributed by atoms with van der Waals surface area (Å²) in [4.78, 5) is 33.9. The lowest BCUT2D eigenvalue weighted by Crippen LogP contribution is -2.32. The molecule has 1 aromatic heterocycles. The standard InChI is InChI=1S/C23H27N3O5S/c1-11(2)32-23-25-21-19(22(28)26-23)17(18-13(24-21)7-6-8-14(18)27)12-9-15(29-3)20(31-5)16(10-12)30-4/h9-11,17H,6-8H2,1-5H3,(H2,24,25,26,28)/t17-/m1/s1. The molecule has 0 unspecified atom stereocenters. The maximum absolute atomic E-state index is 13.3. The van der Waals surface area contributed by atoms with Gasteiger partial charge in [-0.15, -0.1) is 0 Å². The predicted octanol–water partition coefficient (Wildman–Crippen LogP) is 3.86. The van der Waals surface area contributed by atoms with E-state index >= 15 is 0 Å². The first kappa shape index (κ1) is 22.3. The molecule has 0 fully saturated rings. The Hall–Kier alpha value is -2.94. The topological polar surface area (TPSA) is 103 Å². The van der Waals surface area contributed by atoms with Gasteiger partial charge in [0, 0.05) is 28.9 Å². The second kappa shape index (κ2) is 8.90. The Morgan fingerprint density at radius 1 is 1.06 bits per heavy atom. The Labute approximate surface area is 190 Å². The van der Waals surface area contributed by atoms with Gasteiger partial charge >= 0.3 is 0 Å². The first-order valence-corrected chi connectivity index (χ1v) is 11.4. The molecule has 9 heteroatoms. The number of hydrogen-bond acceptors (Lipinski definition) is 8. The van der Waals surface area contributed by atoms with Crippen molar-refractivity contribution in [3.8, 4) is 17.2 Å². The minimum Gasteiger partial charge on any atom is -0.493 e. The number of methoxy groups -OCH3 is 3. The minimum absolute atomic E-state index is 0.0307. The van der Waals surface area contributed by atoms with Crippen LogP contribution in [0.5, 0.6) is 17.2 Å². The van der Waals surface area contributed by atoms with Crippen molar-refractivity contribution in [2.24, 2.45) is 0 Å². The second-order valence-electron chi connectivity index (χ2n) is 7.99. The first-order valence-electron chi connectivity index (χ1n) is 10.5. The van der Waals surface area contributed by atoms with Gasteiger partial charge in [0.15, 0.2) is 22.4 Å². The van der Waals surface area contributed by atoms with Gasteiger partial charge in [-0.1, -0.05) is 25.6 Å². The number of aromatic amines is 1. The van der Waals surface area contributed by atoms with Crippen LogP contribution in [0.3, 0.4) is 0 Å². The molecule has 0 amide bonds. The fraction of sp³-hybridized carbons (Fsp3) is 0.435. The molecule has 2 heterocycles. The van der Waals surface area contributed by atoms with E-state index in [-0.39, 0.29) is 16.6 Å². The van der Waals surface area contributed by atoms with Crippen LogP contribution in [-0.2, 0) is 4.79 Å². The van der Waals surface area contributed by atoms with Crippen molar-refractivity contribution < 1.29 is 19.0 Å². The number of Topliss-reactive ketones (excluding diaryl/α,β-unsaturated/α-hetero) is 1. The molecule has 2 N–H and O–H groups in total. The minimum atomic E-state index is -0.586. The lowest BCUT2D eigenvalue weighted by atomic mass is 9.76. The van der Waals surface area contributed by atoms with Crippen LogP contribution in [-0.4, -0.2) is 42.3 Å². The molecule has 2 aromatic rings. The summed E-state index contributed by atoms with van der Waals surface area (Å²) in [7, 11) is 4.61. The molecule has 0 radical (unpaired) electrons. The Balaban J connectivity index is 1.97. The number of nitrogens with zero attached hydrogens (tertiary/aromatic N) is 1. The number of allylic oxidation sites excluding steroid dienone is 2. The molecule has 0 saturated carbocycles. The number of fused-ring (bicyclic) bond motifs is 1. The number of ketones is 1. The van der Waals surface area contributed by atoms with Crippen molar-refractivity contribution in [3.63, 3.8) is 0 Å². The van der Waals surface area contributed by atoms with E-state index in [2.05, 4.69) is 15.3 Å². The third kappa shape index (κ3) is 3.85. The molecule has 1 aliphatic heterocycles. The van der Waals surface area contributed by atoms with Crippen molar-refractivity contribution in [2.45, 2.75) is 49.4 Å². The van der Waals surface area contributed by atoms with Gasteiger partial charge in [0.25, 0.3) is 5.56 Å². The zero-order valence-corrected chi connectivity index (χ0v) is 19.6. The number of anilines is 1. The number of thioether (sulfide) groups is 1. The highest BCUT2D eigenvalue weighted by molar-refractivity contribution is 7.99. The lowest BCUT2D eigenvalue weighted by Gasteiger charge is -2.33. The van der Waals surface area contributed by atoms with Crippen LogP contribution < -0.4 is 25.1 Å². The largest absolute Gasteiger partial charge is 0.493 e. The van der Waals surface area contributed by atoms with E-state index in [0.717, 1.165) is 18.5 Å². The van der Waals surface area contributed by atoms with Gasteiger partial charge in [-0.05, 0) is 30.5 Å². The zero-order valence-electron chi connectivity index (χ0n) is 18.8. The molecule has 170 valence electrons. The van der Waals surface area contributed by atoms with E-state index in [0.29, 0.717) is 51.3 Å². The van der Waals surface area contributed by atoms with Crippen molar-refractivity contribution >= 4 is 23.4 Å². The third-order valence-corrected chi connectivity index (χ3v) is 6.49. The molecule has 1 atom stereocenters. The number of carbonyl (C=O) groups is 1. The number of benzene rings is 1. The number of hydrogen-bond donors (Lipinski definition) is 2. The molecular formula is C23H27N3O5S. The van der Waals surface area contributed by atoms with Crippen LogP contribution in [0.2, 0.25) is 0 Å². The molecule has 1 aromatic carbocycles. The van der Waals surface area contributed by atoms with Crippen LogP contribution in [0.1, 0.15) is 50.2 Å². The number of H-pyrrole nitrogens is 1. The average Bonchev–Trinajstić information content (AvgIpc) is 2.76. The number of ether oxygens (including phenoxy) is 3. The number of nitrogens with one attached hydrogen (secondary N) is 2. The molecule has 0 spiro atoms. The quantitative estimate of drug-likeness (QED) is 0.498. The van der Waals surface area contributed by atoms with Crippen molar-refractivity contribution in [2.75, 3.05) is 26.6 Å². The number of rotatable bonds is 6. The number of carbonyl (C=O) groups excluding carboxylic acids is 1. The molecule has 32 heavy (non-hydrogen) atoms. The predicted molar refractivity (Wildman–Crippen MR) is 123 cm³/mol. The van der Waals surface area contributed by atoms with E-state index in [9.17, 15) is 9.59 Å². The summed E-state index contributed by atoms with van der Waals surface area (Å²) in [5, 5.41) is 4.10. The average molecular weight is 458 g/mol. The van der Waals surface area contributed by atoms with Crippen molar-refractivity contribution in [3.05, 3.63) is 44.9 Å². The monoisotopic (exact) mass is 457 g/mol. The molecule has 0 bridgehead atoms. The zero-order chi connectivity index (χ0) is 23.0. The van der Waals surface area contributed by atoms with Gasteiger partial charge in [-0.25, -0.2) is 4.98 Å². The maximum Gasteiger partial charge on any atom is 0.257 e. The molecule has 1 aliphatic carbocycles. The van der Waals surface area contributed by atoms with E-state index in [1.807, 2.05) is 13.8 Å². The van der Waals surface area contributed by atoms with Crippen LogP contribution in [0.25, 0.3) is 0 Å². The van der Waals surface area contributed by atoms with E-state index in [4.69, 9.17) is 14.2 Å². The fourth-order valence-corrected chi connectivity index (χ4v) is 5.06. The smallest absolute Gasteiger partial charge is 0.257 e. The van der Waals surface area contributed by atoms with Crippen LogP contribution in [0.15, 0.2) is 33.4 Å². The summed E-state index contributed by atoms with van der Waals surface area (Å²) in [5.74, 6) is 1.31. The van der Waals surface area contributed by atoms with Gasteiger partial charge in [-0.2, -0.15) is 0 Å².